The third-order valence-electron chi connectivity index (χ3n) is 4.71. The van der Waals surface area contributed by atoms with Gasteiger partial charge in [-0.3, -0.25) is 10.1 Å². The Kier molecular flexibility index (Phi) is 7.52. The molecule has 12 heteroatoms. The fourth-order valence-electron chi connectivity index (χ4n) is 3.27. The van der Waals surface area contributed by atoms with E-state index in [0.29, 0.717) is 22.4 Å². The number of aromatic nitrogens is 2. The molecule has 3 amide bonds. The van der Waals surface area contributed by atoms with Crippen LogP contribution in [0.2, 0.25) is 0 Å². The molecule has 3 rings (SSSR count). The Morgan fingerprint density at radius 2 is 1.97 bits per heavy atom. The molecule has 31 heavy (non-hydrogen) atoms. The molecule has 0 saturated heterocycles. The highest BCUT2D eigenvalue weighted by Gasteiger charge is 2.40. The van der Waals surface area contributed by atoms with E-state index in [9.17, 15) is 22.8 Å². The molecule has 0 bridgehead atoms. The molecule has 0 aromatic carbocycles. The number of rotatable bonds is 5. The number of urea groups is 1. The summed E-state index contributed by atoms with van der Waals surface area (Å²) in [4.78, 5) is 31.7. The summed E-state index contributed by atoms with van der Waals surface area (Å²) in [6.45, 7) is 2.14. The van der Waals surface area contributed by atoms with Crippen LogP contribution >= 0.6 is 27.3 Å². The fraction of sp³-hybridized carbons (Fsp3) is 0.474. The molecule has 2 aromatic heterocycles. The number of amides is 3. The van der Waals surface area contributed by atoms with Gasteiger partial charge in [-0.05, 0) is 41.8 Å². The number of nitrogens with zero attached hydrogens (tertiary/aromatic N) is 2. The lowest BCUT2D eigenvalue weighted by molar-refractivity contribution is -0.141. The van der Waals surface area contributed by atoms with Crippen molar-refractivity contribution in [1.82, 2.24) is 20.6 Å². The second-order valence-electron chi connectivity index (χ2n) is 7.04. The molecular formula is C19H21BrF3N5O2S. The zero-order chi connectivity index (χ0) is 22.6. The molecule has 0 atom stereocenters. The normalized spacial score (nSPS) is 14.9. The first kappa shape index (κ1) is 23.5. The van der Waals surface area contributed by atoms with Crippen LogP contribution in [0.3, 0.4) is 0 Å². The SMILES string of the molecule is CCNC(=O)Nc1cc(-c2nc(C(F)(F)F)c(C(=O)NC3CCCCC3)s2)c(Br)cn1. The van der Waals surface area contributed by atoms with Crippen LogP contribution in [0.1, 0.15) is 54.4 Å². The van der Waals surface area contributed by atoms with Gasteiger partial charge in [0.1, 0.15) is 15.7 Å². The highest BCUT2D eigenvalue weighted by molar-refractivity contribution is 9.10. The van der Waals surface area contributed by atoms with Crippen LogP contribution in [-0.4, -0.2) is 34.5 Å². The monoisotopic (exact) mass is 519 g/mol. The smallest absolute Gasteiger partial charge is 0.349 e. The Morgan fingerprint density at radius 3 is 2.61 bits per heavy atom. The number of hydrogen-bond acceptors (Lipinski definition) is 5. The van der Waals surface area contributed by atoms with Crippen LogP contribution in [0.15, 0.2) is 16.7 Å². The largest absolute Gasteiger partial charge is 0.435 e. The molecule has 0 spiro atoms. The number of pyridine rings is 1. The number of carbonyl (C=O) groups excluding carboxylic acids is 2. The predicted octanol–water partition coefficient (Wildman–Crippen LogP) is 5.19. The maximum Gasteiger partial charge on any atom is 0.435 e. The third kappa shape index (κ3) is 5.94. The molecule has 168 valence electrons. The van der Waals surface area contributed by atoms with Crippen LogP contribution in [0, 0.1) is 0 Å². The van der Waals surface area contributed by atoms with E-state index in [1.807, 2.05) is 0 Å². The van der Waals surface area contributed by atoms with E-state index in [2.05, 4.69) is 41.8 Å². The van der Waals surface area contributed by atoms with E-state index in [1.54, 1.807) is 6.92 Å². The molecule has 1 fully saturated rings. The summed E-state index contributed by atoms with van der Waals surface area (Å²) in [5.74, 6) is -0.630. The van der Waals surface area contributed by atoms with Gasteiger partial charge in [-0.15, -0.1) is 11.3 Å². The van der Waals surface area contributed by atoms with Gasteiger partial charge in [0.05, 0.1) is 0 Å². The summed E-state index contributed by atoms with van der Waals surface area (Å²) in [7, 11) is 0. The van der Waals surface area contributed by atoms with Gasteiger partial charge in [-0.25, -0.2) is 14.8 Å². The van der Waals surface area contributed by atoms with Gasteiger partial charge in [-0.1, -0.05) is 19.3 Å². The first-order valence-corrected chi connectivity index (χ1v) is 11.4. The predicted molar refractivity (Wildman–Crippen MR) is 115 cm³/mol. The second-order valence-corrected chi connectivity index (χ2v) is 8.89. The van der Waals surface area contributed by atoms with Gasteiger partial charge in [-0.2, -0.15) is 13.2 Å². The lowest BCUT2D eigenvalue weighted by Gasteiger charge is -2.22. The van der Waals surface area contributed by atoms with Gasteiger partial charge in [0.2, 0.25) is 0 Å². The van der Waals surface area contributed by atoms with E-state index in [-0.39, 0.29) is 22.4 Å². The zero-order valence-corrected chi connectivity index (χ0v) is 19.0. The minimum atomic E-state index is -4.78. The molecule has 0 unspecified atom stereocenters. The maximum atomic E-state index is 13.6. The summed E-state index contributed by atoms with van der Waals surface area (Å²) in [6.07, 6.45) is 1.02. The quantitative estimate of drug-likeness (QED) is 0.506. The van der Waals surface area contributed by atoms with Gasteiger partial charge < -0.3 is 10.6 Å². The molecule has 0 aliphatic heterocycles. The molecule has 1 aliphatic carbocycles. The van der Waals surface area contributed by atoms with Crippen molar-refractivity contribution >= 4 is 45.0 Å². The van der Waals surface area contributed by atoms with Crippen molar-refractivity contribution in [2.45, 2.75) is 51.2 Å². The maximum absolute atomic E-state index is 13.6. The topological polar surface area (TPSA) is 96.0 Å². The van der Waals surface area contributed by atoms with Crippen molar-refractivity contribution in [3.63, 3.8) is 0 Å². The number of alkyl halides is 3. The van der Waals surface area contributed by atoms with E-state index in [0.717, 1.165) is 32.1 Å². The Bertz CT molecular complexity index is 961. The van der Waals surface area contributed by atoms with E-state index >= 15 is 0 Å². The number of halogens is 4. The molecule has 2 heterocycles. The lowest BCUT2D eigenvalue weighted by Crippen LogP contribution is -2.36. The number of nitrogens with one attached hydrogen (secondary N) is 3. The zero-order valence-electron chi connectivity index (χ0n) is 16.6. The minimum Gasteiger partial charge on any atom is -0.349 e. The Morgan fingerprint density at radius 1 is 1.26 bits per heavy atom. The van der Waals surface area contributed by atoms with Crippen LogP contribution in [-0.2, 0) is 6.18 Å². The average Bonchev–Trinajstić information content (AvgIpc) is 3.16. The lowest BCUT2D eigenvalue weighted by atomic mass is 9.95. The van der Waals surface area contributed by atoms with E-state index < -0.39 is 28.7 Å². The van der Waals surface area contributed by atoms with Crippen molar-refractivity contribution in [3.05, 3.63) is 27.3 Å². The number of carbonyl (C=O) groups is 2. The van der Waals surface area contributed by atoms with Crippen LogP contribution in [0.4, 0.5) is 23.8 Å². The van der Waals surface area contributed by atoms with Crippen LogP contribution in [0.25, 0.3) is 10.6 Å². The highest BCUT2D eigenvalue weighted by atomic mass is 79.9. The Hall–Kier alpha value is -2.21. The summed E-state index contributed by atoms with van der Waals surface area (Å²) in [5, 5.41) is 7.76. The Balaban J connectivity index is 1.93. The van der Waals surface area contributed by atoms with Crippen molar-refractivity contribution < 1.29 is 22.8 Å². The van der Waals surface area contributed by atoms with Crippen molar-refractivity contribution in [2.24, 2.45) is 0 Å². The number of thiazole rings is 1. The molecule has 3 N–H and O–H groups in total. The van der Waals surface area contributed by atoms with Crippen molar-refractivity contribution in [3.8, 4) is 10.6 Å². The molecule has 2 aromatic rings. The van der Waals surface area contributed by atoms with Gasteiger partial charge in [0.15, 0.2) is 5.69 Å². The molecule has 7 nitrogen and oxygen atoms in total. The summed E-state index contributed by atoms with van der Waals surface area (Å²) in [5.41, 5.74) is -0.934. The summed E-state index contributed by atoms with van der Waals surface area (Å²) in [6, 6.07) is 0.778. The van der Waals surface area contributed by atoms with Gasteiger partial charge >= 0.3 is 12.2 Å². The standard InChI is InChI=1S/C19H21BrF3N5O2S/c1-2-24-18(30)27-13-8-11(12(20)9-25-13)17-28-15(19(21,22)23)14(31-17)16(29)26-10-6-4-3-5-7-10/h8-10H,2-7H2,1H3,(H,26,29)(H2,24,25,27,30). The second kappa shape index (κ2) is 9.94. The average molecular weight is 520 g/mol. The van der Waals surface area contributed by atoms with Crippen LogP contribution < -0.4 is 16.0 Å². The van der Waals surface area contributed by atoms with Crippen molar-refractivity contribution in [1.29, 1.82) is 0 Å². The number of hydrogen-bond donors (Lipinski definition) is 3. The fourth-order valence-corrected chi connectivity index (χ4v) is 4.83. The molecular weight excluding hydrogens is 499 g/mol. The molecule has 1 saturated carbocycles. The first-order chi connectivity index (χ1) is 14.7. The van der Waals surface area contributed by atoms with Crippen LogP contribution in [0.5, 0.6) is 0 Å². The Labute approximate surface area is 189 Å². The summed E-state index contributed by atoms with van der Waals surface area (Å²) >= 11 is 3.92. The molecule has 1 aliphatic rings. The third-order valence-corrected chi connectivity index (χ3v) is 6.43. The first-order valence-electron chi connectivity index (χ1n) is 9.78. The van der Waals surface area contributed by atoms with Gasteiger partial charge in [0, 0.05) is 28.8 Å². The van der Waals surface area contributed by atoms with E-state index in [4.69, 9.17) is 0 Å². The summed E-state index contributed by atoms with van der Waals surface area (Å²) < 4.78 is 41.3. The van der Waals surface area contributed by atoms with Gasteiger partial charge in [0.25, 0.3) is 5.91 Å². The highest BCUT2D eigenvalue weighted by Crippen LogP contribution is 2.40. The van der Waals surface area contributed by atoms with Crippen molar-refractivity contribution in [2.75, 3.05) is 11.9 Å². The molecule has 0 radical (unpaired) electrons. The number of anilines is 1. The minimum absolute atomic E-state index is 0.00524. The van der Waals surface area contributed by atoms with E-state index in [1.165, 1.54) is 12.3 Å².